The Morgan fingerprint density at radius 1 is 1.37 bits per heavy atom. The molecule has 7 heteroatoms. The number of amides is 1. The van der Waals surface area contributed by atoms with Crippen molar-refractivity contribution in [3.05, 3.63) is 35.7 Å². The molecule has 7 nitrogen and oxygen atoms in total. The predicted octanol–water partition coefficient (Wildman–Crippen LogP) is 1.18. The van der Waals surface area contributed by atoms with Gasteiger partial charge in [-0.25, -0.2) is 0 Å². The third-order valence-corrected chi connectivity index (χ3v) is 5.67. The average molecular weight is 364 g/mol. The number of nitrogens with two attached hydrogens (primary N) is 1. The number of nitrogens with one attached hydrogen (secondary N) is 2. The Labute approximate surface area is 158 Å². The molecule has 1 saturated heterocycles. The van der Waals surface area contributed by atoms with Crippen LogP contribution in [0.3, 0.4) is 0 Å². The molecule has 4 N–H and O–H groups in total. The number of fused-ring (bicyclic) bond motifs is 1. The maximum atomic E-state index is 12.9. The van der Waals surface area contributed by atoms with Crippen LogP contribution in [0.5, 0.6) is 0 Å². The minimum absolute atomic E-state index is 0.116. The first-order chi connectivity index (χ1) is 13.0. The van der Waals surface area contributed by atoms with E-state index in [1.54, 1.807) is 18.5 Å². The summed E-state index contributed by atoms with van der Waals surface area (Å²) in [7, 11) is 0. The number of aromatic nitrogens is 2. The molecule has 27 heavy (non-hydrogen) atoms. The van der Waals surface area contributed by atoms with Crippen LogP contribution in [-0.2, 0) is 10.3 Å². The molecule has 1 unspecified atom stereocenters. The summed E-state index contributed by atoms with van der Waals surface area (Å²) in [5, 5.41) is 16.1. The first-order valence-electron chi connectivity index (χ1n) is 9.47. The molecule has 2 heterocycles. The van der Waals surface area contributed by atoms with Gasteiger partial charge in [-0.3, -0.25) is 14.8 Å². The zero-order chi connectivity index (χ0) is 19.0. The Balaban J connectivity index is 1.81. The molecule has 1 saturated carbocycles. The maximum Gasteiger partial charge on any atom is 0.237 e. The molecular weight excluding hydrogens is 340 g/mol. The lowest BCUT2D eigenvalue weighted by atomic mass is 9.77. The van der Waals surface area contributed by atoms with E-state index in [1.807, 2.05) is 6.07 Å². The van der Waals surface area contributed by atoms with E-state index in [-0.39, 0.29) is 11.8 Å². The normalized spacial score (nSPS) is 26.3. The van der Waals surface area contributed by atoms with E-state index in [0.717, 1.165) is 31.4 Å². The first kappa shape index (κ1) is 17.8. The van der Waals surface area contributed by atoms with Gasteiger partial charge in [0.05, 0.1) is 22.7 Å². The summed E-state index contributed by atoms with van der Waals surface area (Å²) in [4.78, 5) is 21.8. The van der Waals surface area contributed by atoms with Crippen LogP contribution < -0.4 is 16.4 Å². The number of nitriles is 1. The average Bonchev–Trinajstić information content (AvgIpc) is 3.51. The summed E-state index contributed by atoms with van der Waals surface area (Å²) in [5.74, 6) is 0.543. The van der Waals surface area contributed by atoms with Crippen molar-refractivity contribution in [1.29, 1.82) is 5.26 Å². The summed E-state index contributed by atoms with van der Waals surface area (Å²) >= 11 is 0. The first-order valence-corrected chi connectivity index (χ1v) is 9.47. The minimum Gasteiger partial charge on any atom is -0.344 e. The van der Waals surface area contributed by atoms with Gasteiger partial charge in [-0.2, -0.15) is 5.26 Å². The van der Waals surface area contributed by atoms with Crippen molar-refractivity contribution in [2.75, 3.05) is 13.1 Å². The highest BCUT2D eigenvalue weighted by atomic mass is 16.2. The fourth-order valence-corrected chi connectivity index (χ4v) is 4.16. The summed E-state index contributed by atoms with van der Waals surface area (Å²) in [6.45, 7) is 3.65. The van der Waals surface area contributed by atoms with Crippen LogP contribution in [0.1, 0.15) is 37.3 Å². The predicted molar refractivity (Wildman–Crippen MR) is 101 cm³/mol. The summed E-state index contributed by atoms with van der Waals surface area (Å²) < 4.78 is 0. The Kier molecular flexibility index (Phi) is 4.54. The lowest BCUT2D eigenvalue weighted by molar-refractivity contribution is -0.125. The largest absolute Gasteiger partial charge is 0.344 e. The van der Waals surface area contributed by atoms with Gasteiger partial charge in [0, 0.05) is 24.5 Å². The second-order valence-corrected chi connectivity index (χ2v) is 7.90. The van der Waals surface area contributed by atoms with Gasteiger partial charge in [-0.15, -0.1) is 0 Å². The SMILES string of the molecule is C[C@@H]1CNC[C@](NC(=O)C(N)C2CC2)(c2ccc(C#N)c3nccnc23)C1. The van der Waals surface area contributed by atoms with Crippen LogP contribution in [0, 0.1) is 23.2 Å². The monoisotopic (exact) mass is 364 g/mol. The summed E-state index contributed by atoms with van der Waals surface area (Å²) in [6, 6.07) is 5.37. The van der Waals surface area contributed by atoms with E-state index in [1.165, 1.54) is 0 Å². The Hall–Kier alpha value is -2.56. The highest BCUT2D eigenvalue weighted by molar-refractivity contribution is 5.87. The quantitative estimate of drug-likeness (QED) is 0.750. The zero-order valence-electron chi connectivity index (χ0n) is 15.4. The molecule has 2 aromatic rings. The minimum atomic E-state index is -0.621. The van der Waals surface area contributed by atoms with Crippen molar-refractivity contribution in [3.8, 4) is 6.07 Å². The molecular formula is C20H24N6O. The smallest absolute Gasteiger partial charge is 0.237 e. The number of piperidine rings is 1. The molecule has 0 bridgehead atoms. The van der Waals surface area contributed by atoms with Crippen molar-refractivity contribution < 1.29 is 4.79 Å². The van der Waals surface area contributed by atoms with Gasteiger partial charge in [0.25, 0.3) is 0 Å². The Morgan fingerprint density at radius 2 is 2.11 bits per heavy atom. The van der Waals surface area contributed by atoms with E-state index in [4.69, 9.17) is 5.73 Å². The number of benzene rings is 1. The Morgan fingerprint density at radius 3 is 2.78 bits per heavy atom. The molecule has 1 aliphatic carbocycles. The van der Waals surface area contributed by atoms with Gasteiger partial charge in [0.2, 0.25) is 5.91 Å². The van der Waals surface area contributed by atoms with Crippen LogP contribution in [0.4, 0.5) is 0 Å². The van der Waals surface area contributed by atoms with Gasteiger partial charge in [0.1, 0.15) is 11.6 Å². The lowest BCUT2D eigenvalue weighted by Crippen LogP contribution is -2.60. The van der Waals surface area contributed by atoms with Crippen LogP contribution in [0.25, 0.3) is 11.0 Å². The highest BCUT2D eigenvalue weighted by Crippen LogP contribution is 2.37. The summed E-state index contributed by atoms with van der Waals surface area (Å²) in [6.07, 6.45) is 6.02. The van der Waals surface area contributed by atoms with Crippen molar-refractivity contribution in [2.24, 2.45) is 17.6 Å². The summed E-state index contributed by atoms with van der Waals surface area (Å²) in [5.41, 5.74) is 8.14. The fourth-order valence-electron chi connectivity index (χ4n) is 4.16. The number of carbonyl (C=O) groups is 1. The van der Waals surface area contributed by atoms with Crippen LogP contribution in [0.2, 0.25) is 0 Å². The third kappa shape index (κ3) is 3.27. The number of rotatable bonds is 4. The molecule has 0 radical (unpaired) electrons. The molecule has 3 atom stereocenters. The van der Waals surface area contributed by atoms with Gasteiger partial charge in [-0.1, -0.05) is 13.0 Å². The van der Waals surface area contributed by atoms with Crippen molar-refractivity contribution in [3.63, 3.8) is 0 Å². The maximum absolute atomic E-state index is 12.9. The van der Waals surface area contributed by atoms with E-state index in [2.05, 4.69) is 33.6 Å². The molecule has 2 aliphatic rings. The second kappa shape index (κ2) is 6.87. The van der Waals surface area contributed by atoms with E-state index in [0.29, 0.717) is 29.1 Å². The number of hydrogen-bond donors (Lipinski definition) is 3. The van der Waals surface area contributed by atoms with Gasteiger partial charge in [-0.05, 0) is 43.7 Å². The van der Waals surface area contributed by atoms with Crippen molar-refractivity contribution >= 4 is 16.9 Å². The molecule has 1 aliphatic heterocycles. The molecule has 0 spiro atoms. The van der Waals surface area contributed by atoms with Crippen molar-refractivity contribution in [1.82, 2.24) is 20.6 Å². The van der Waals surface area contributed by atoms with Crippen LogP contribution in [-0.4, -0.2) is 35.0 Å². The second-order valence-electron chi connectivity index (χ2n) is 7.90. The van der Waals surface area contributed by atoms with Crippen LogP contribution >= 0.6 is 0 Å². The van der Waals surface area contributed by atoms with Crippen LogP contribution in [0.15, 0.2) is 24.5 Å². The van der Waals surface area contributed by atoms with E-state index in [9.17, 15) is 10.1 Å². The molecule has 1 aromatic carbocycles. The zero-order valence-corrected chi connectivity index (χ0v) is 15.4. The molecule has 1 amide bonds. The number of carbonyl (C=O) groups excluding carboxylic acids is 1. The molecule has 2 fully saturated rings. The molecule has 4 rings (SSSR count). The number of nitrogens with zero attached hydrogens (tertiary/aromatic N) is 3. The molecule has 140 valence electrons. The number of hydrogen-bond acceptors (Lipinski definition) is 6. The highest BCUT2D eigenvalue weighted by Gasteiger charge is 2.42. The molecule has 1 aromatic heterocycles. The standard InChI is InChI=1S/C20H24N6O/c1-12-8-20(11-23-10-12,26-19(27)16(22)13-2-3-13)15-5-4-14(9-21)17-18(15)25-7-6-24-17/h4-7,12-13,16,23H,2-3,8,10-11,22H2,1H3,(H,26,27)/t12-,16?,20-/m0/s1. The van der Waals surface area contributed by atoms with Gasteiger partial charge in [0.15, 0.2) is 0 Å². The van der Waals surface area contributed by atoms with E-state index >= 15 is 0 Å². The third-order valence-electron chi connectivity index (χ3n) is 5.67. The van der Waals surface area contributed by atoms with Gasteiger partial charge >= 0.3 is 0 Å². The lowest BCUT2D eigenvalue weighted by Gasteiger charge is -2.42. The van der Waals surface area contributed by atoms with Gasteiger partial charge < -0.3 is 16.4 Å². The topological polar surface area (TPSA) is 117 Å². The Bertz CT molecular complexity index is 918. The van der Waals surface area contributed by atoms with Crippen molar-refractivity contribution in [2.45, 2.75) is 37.8 Å². The fraction of sp³-hybridized carbons (Fsp3) is 0.500. The van der Waals surface area contributed by atoms with E-state index < -0.39 is 11.6 Å².